The molecule has 0 saturated heterocycles. The molecular formula is C21H19NO3. The maximum Gasteiger partial charge on any atom is 0.303 e. The van der Waals surface area contributed by atoms with Crippen LogP contribution in [0.3, 0.4) is 0 Å². The number of nitrogens with zero attached hydrogens (tertiary/aromatic N) is 1. The van der Waals surface area contributed by atoms with Crippen molar-refractivity contribution in [2.45, 2.75) is 19.4 Å². The number of para-hydroxylation sites is 1. The van der Waals surface area contributed by atoms with Crippen LogP contribution in [-0.2, 0) is 11.3 Å². The SMILES string of the molecule is O=C(O)CCCn1cc(C(=O)/C=C/c2ccccc2)c2ccccc21. The maximum atomic E-state index is 12.6. The number of fused-ring (bicyclic) bond motifs is 1. The zero-order valence-corrected chi connectivity index (χ0v) is 13.8. The van der Waals surface area contributed by atoms with Crippen molar-refractivity contribution >= 4 is 28.7 Å². The standard InChI is InChI=1S/C21H19NO3/c23-20(13-12-16-7-2-1-3-8-16)18-15-22(14-6-11-21(24)25)19-10-5-4-9-17(18)19/h1-5,7-10,12-13,15H,6,11,14H2,(H,24,25)/b13-12+. The summed E-state index contributed by atoms with van der Waals surface area (Å²) in [6.45, 7) is 0.572. The molecule has 0 aliphatic heterocycles. The Morgan fingerprint density at radius 2 is 1.72 bits per heavy atom. The van der Waals surface area contributed by atoms with Crippen LogP contribution in [0.1, 0.15) is 28.8 Å². The molecule has 1 N–H and O–H groups in total. The summed E-state index contributed by atoms with van der Waals surface area (Å²) in [4.78, 5) is 23.3. The second-order valence-corrected chi connectivity index (χ2v) is 5.86. The van der Waals surface area contributed by atoms with Crippen molar-refractivity contribution < 1.29 is 14.7 Å². The third-order valence-corrected chi connectivity index (χ3v) is 4.07. The third-order valence-electron chi connectivity index (χ3n) is 4.07. The number of carbonyl (C=O) groups is 2. The van der Waals surface area contributed by atoms with Crippen LogP contribution in [0.4, 0.5) is 0 Å². The Balaban J connectivity index is 1.86. The molecule has 0 radical (unpaired) electrons. The molecule has 0 spiro atoms. The van der Waals surface area contributed by atoms with Crippen molar-refractivity contribution in [2.75, 3.05) is 0 Å². The van der Waals surface area contributed by atoms with E-state index in [1.54, 1.807) is 12.2 Å². The van der Waals surface area contributed by atoms with Gasteiger partial charge in [0.25, 0.3) is 0 Å². The molecule has 3 rings (SSSR count). The van der Waals surface area contributed by atoms with Gasteiger partial charge in [-0.2, -0.15) is 0 Å². The summed E-state index contributed by atoms with van der Waals surface area (Å²) in [5.74, 6) is -0.865. The molecule has 0 bridgehead atoms. The largest absolute Gasteiger partial charge is 0.481 e. The van der Waals surface area contributed by atoms with Gasteiger partial charge >= 0.3 is 5.97 Å². The quantitative estimate of drug-likeness (QED) is 0.515. The van der Waals surface area contributed by atoms with Crippen molar-refractivity contribution in [3.05, 3.63) is 78.0 Å². The number of aliphatic carboxylic acids is 1. The van der Waals surface area contributed by atoms with E-state index in [1.807, 2.05) is 65.4 Å². The number of hydrogen-bond donors (Lipinski definition) is 1. The molecule has 4 heteroatoms. The summed E-state index contributed by atoms with van der Waals surface area (Å²) in [5, 5.41) is 9.69. The minimum absolute atomic E-state index is 0.0583. The van der Waals surface area contributed by atoms with Gasteiger partial charge in [0.2, 0.25) is 0 Å². The summed E-state index contributed by atoms with van der Waals surface area (Å²) in [6, 6.07) is 17.4. The molecule has 4 nitrogen and oxygen atoms in total. The van der Waals surface area contributed by atoms with Crippen LogP contribution >= 0.6 is 0 Å². The number of allylic oxidation sites excluding steroid dienone is 1. The van der Waals surface area contributed by atoms with Gasteiger partial charge in [0, 0.05) is 35.6 Å². The second-order valence-electron chi connectivity index (χ2n) is 5.86. The minimum Gasteiger partial charge on any atom is -0.481 e. The van der Waals surface area contributed by atoms with Crippen molar-refractivity contribution in [3.8, 4) is 0 Å². The van der Waals surface area contributed by atoms with Crippen LogP contribution in [-0.4, -0.2) is 21.4 Å². The minimum atomic E-state index is -0.807. The molecule has 0 aliphatic rings. The normalized spacial score (nSPS) is 11.2. The monoisotopic (exact) mass is 333 g/mol. The summed E-state index contributed by atoms with van der Waals surface area (Å²) in [7, 11) is 0. The van der Waals surface area contributed by atoms with E-state index < -0.39 is 5.97 Å². The molecule has 0 saturated carbocycles. The van der Waals surface area contributed by atoms with E-state index in [4.69, 9.17) is 5.11 Å². The van der Waals surface area contributed by atoms with Crippen LogP contribution < -0.4 is 0 Å². The Labute approximate surface area is 146 Å². The lowest BCUT2D eigenvalue weighted by atomic mass is 10.1. The fourth-order valence-electron chi connectivity index (χ4n) is 2.85. The highest BCUT2D eigenvalue weighted by atomic mass is 16.4. The Bertz CT molecular complexity index is 923. The van der Waals surface area contributed by atoms with Gasteiger partial charge in [0.15, 0.2) is 5.78 Å². The van der Waals surface area contributed by atoms with E-state index in [1.165, 1.54) is 0 Å². The first-order chi connectivity index (χ1) is 12.1. The Hall–Kier alpha value is -3.14. The van der Waals surface area contributed by atoms with Crippen LogP contribution in [0.15, 0.2) is 66.9 Å². The number of ketones is 1. The fourth-order valence-corrected chi connectivity index (χ4v) is 2.85. The van der Waals surface area contributed by atoms with E-state index in [9.17, 15) is 9.59 Å². The average Bonchev–Trinajstić information content (AvgIpc) is 2.99. The van der Waals surface area contributed by atoms with Crippen molar-refractivity contribution in [2.24, 2.45) is 0 Å². The molecule has 1 aromatic heterocycles. The van der Waals surface area contributed by atoms with E-state index in [-0.39, 0.29) is 12.2 Å². The Morgan fingerprint density at radius 1 is 1.00 bits per heavy atom. The molecule has 2 aromatic carbocycles. The van der Waals surface area contributed by atoms with Crippen molar-refractivity contribution in [1.29, 1.82) is 0 Å². The number of benzene rings is 2. The number of aryl methyl sites for hydroxylation is 1. The molecule has 0 atom stereocenters. The lowest BCUT2D eigenvalue weighted by Gasteiger charge is -2.03. The smallest absolute Gasteiger partial charge is 0.303 e. The highest BCUT2D eigenvalue weighted by Crippen LogP contribution is 2.23. The van der Waals surface area contributed by atoms with Crippen LogP contribution in [0.25, 0.3) is 17.0 Å². The number of rotatable bonds is 7. The van der Waals surface area contributed by atoms with E-state index >= 15 is 0 Å². The second kappa shape index (κ2) is 7.62. The highest BCUT2D eigenvalue weighted by Gasteiger charge is 2.13. The molecule has 0 amide bonds. The van der Waals surface area contributed by atoms with E-state index in [0.29, 0.717) is 18.5 Å². The van der Waals surface area contributed by atoms with Gasteiger partial charge < -0.3 is 9.67 Å². The molecule has 126 valence electrons. The van der Waals surface area contributed by atoms with Crippen molar-refractivity contribution in [1.82, 2.24) is 4.57 Å². The van der Waals surface area contributed by atoms with Crippen LogP contribution in [0, 0.1) is 0 Å². The number of carboxylic acid groups (broad SMARTS) is 1. The molecule has 0 fully saturated rings. The lowest BCUT2D eigenvalue weighted by molar-refractivity contribution is -0.137. The first-order valence-corrected chi connectivity index (χ1v) is 8.22. The summed E-state index contributed by atoms with van der Waals surface area (Å²) >= 11 is 0. The summed E-state index contributed by atoms with van der Waals surface area (Å²) < 4.78 is 1.96. The van der Waals surface area contributed by atoms with Crippen LogP contribution in [0.2, 0.25) is 0 Å². The Morgan fingerprint density at radius 3 is 2.48 bits per heavy atom. The number of hydrogen-bond acceptors (Lipinski definition) is 2. The topological polar surface area (TPSA) is 59.3 Å². The van der Waals surface area contributed by atoms with Gasteiger partial charge in [-0.25, -0.2) is 0 Å². The maximum absolute atomic E-state index is 12.6. The molecular weight excluding hydrogens is 314 g/mol. The van der Waals surface area contributed by atoms with Gasteiger partial charge in [-0.1, -0.05) is 54.6 Å². The average molecular weight is 333 g/mol. The fraction of sp³-hybridized carbons (Fsp3) is 0.143. The van der Waals surface area contributed by atoms with Gasteiger partial charge in [-0.15, -0.1) is 0 Å². The van der Waals surface area contributed by atoms with Gasteiger partial charge in [-0.05, 0) is 24.1 Å². The third kappa shape index (κ3) is 4.04. The Kier molecular flexibility index (Phi) is 5.09. The molecule has 1 heterocycles. The van der Waals surface area contributed by atoms with Gasteiger partial charge in [-0.3, -0.25) is 9.59 Å². The van der Waals surface area contributed by atoms with Crippen molar-refractivity contribution in [3.63, 3.8) is 0 Å². The first kappa shape index (κ1) is 16.7. The number of carbonyl (C=O) groups excluding carboxylic acids is 1. The molecule has 25 heavy (non-hydrogen) atoms. The molecule has 0 unspecified atom stereocenters. The lowest BCUT2D eigenvalue weighted by Crippen LogP contribution is -2.01. The van der Waals surface area contributed by atoms with Gasteiger partial charge in [0.1, 0.15) is 0 Å². The molecule has 0 aliphatic carbocycles. The number of aromatic nitrogens is 1. The van der Waals surface area contributed by atoms with Gasteiger partial charge in [0.05, 0.1) is 0 Å². The summed E-state index contributed by atoms with van der Waals surface area (Å²) in [6.07, 6.45) is 5.85. The zero-order valence-electron chi connectivity index (χ0n) is 13.8. The highest BCUT2D eigenvalue weighted by molar-refractivity contribution is 6.14. The predicted molar refractivity (Wildman–Crippen MR) is 98.6 cm³/mol. The predicted octanol–water partition coefficient (Wildman–Crippen LogP) is 4.40. The first-order valence-electron chi connectivity index (χ1n) is 8.22. The van der Waals surface area contributed by atoms with Crippen LogP contribution in [0.5, 0.6) is 0 Å². The number of carboxylic acids is 1. The van der Waals surface area contributed by atoms with E-state index in [2.05, 4.69) is 0 Å². The van der Waals surface area contributed by atoms with E-state index in [0.717, 1.165) is 16.5 Å². The molecule has 3 aromatic rings. The zero-order chi connectivity index (χ0) is 17.6. The summed E-state index contributed by atoms with van der Waals surface area (Å²) in [5.41, 5.74) is 2.56.